The van der Waals surface area contributed by atoms with Crippen LogP contribution in [0.3, 0.4) is 0 Å². The highest BCUT2D eigenvalue weighted by atomic mass is 35.5. The van der Waals surface area contributed by atoms with Crippen LogP contribution in [0.1, 0.15) is 38.8 Å². The number of halogens is 2. The molecule has 0 aliphatic rings. The molecule has 0 spiro atoms. The molecule has 0 unspecified atom stereocenters. The van der Waals surface area contributed by atoms with E-state index >= 15 is 0 Å². The van der Waals surface area contributed by atoms with Gasteiger partial charge in [-0.25, -0.2) is 0 Å². The number of esters is 2. The Kier molecular flexibility index (Phi) is 6.32. The standard InChI is InChI=1S/C20H21Cl2NO3/c1-12(24)26-18(25)10-13-8-9-14(20(2,3)4)11-17(13)23-19-15(21)6-5-7-16(19)22/h5-9,11,23H,10H2,1-4H3. The van der Waals surface area contributed by atoms with Crippen LogP contribution in [-0.4, -0.2) is 11.9 Å². The molecule has 0 radical (unpaired) electrons. The number of anilines is 2. The molecular weight excluding hydrogens is 373 g/mol. The maximum Gasteiger partial charge on any atom is 0.317 e. The molecule has 1 N–H and O–H groups in total. The van der Waals surface area contributed by atoms with Crippen LogP contribution in [0.4, 0.5) is 11.4 Å². The van der Waals surface area contributed by atoms with E-state index in [4.69, 9.17) is 23.2 Å². The SMILES string of the molecule is CC(=O)OC(=O)Cc1ccc(C(C)(C)C)cc1Nc1c(Cl)cccc1Cl. The third kappa shape index (κ3) is 5.23. The predicted molar refractivity (Wildman–Crippen MR) is 105 cm³/mol. The first kappa shape index (κ1) is 20.3. The first-order valence-electron chi connectivity index (χ1n) is 8.13. The number of carbonyl (C=O) groups excluding carboxylic acids is 2. The lowest BCUT2D eigenvalue weighted by molar-refractivity contribution is -0.157. The monoisotopic (exact) mass is 393 g/mol. The number of nitrogens with one attached hydrogen (secondary N) is 1. The van der Waals surface area contributed by atoms with Crippen molar-refractivity contribution in [3.8, 4) is 0 Å². The van der Waals surface area contributed by atoms with Crippen LogP contribution in [-0.2, 0) is 26.2 Å². The number of rotatable bonds is 4. The Morgan fingerprint density at radius 3 is 2.23 bits per heavy atom. The van der Waals surface area contributed by atoms with E-state index in [0.29, 0.717) is 27.0 Å². The largest absolute Gasteiger partial charge is 0.393 e. The van der Waals surface area contributed by atoms with E-state index in [0.717, 1.165) is 5.56 Å². The summed E-state index contributed by atoms with van der Waals surface area (Å²) in [4.78, 5) is 22.9. The van der Waals surface area contributed by atoms with Gasteiger partial charge in [-0.15, -0.1) is 0 Å². The van der Waals surface area contributed by atoms with Gasteiger partial charge in [-0.05, 0) is 34.7 Å². The minimum Gasteiger partial charge on any atom is -0.393 e. The zero-order chi connectivity index (χ0) is 19.5. The van der Waals surface area contributed by atoms with Crippen molar-refractivity contribution < 1.29 is 14.3 Å². The van der Waals surface area contributed by atoms with Gasteiger partial charge >= 0.3 is 11.9 Å². The fourth-order valence-corrected chi connectivity index (χ4v) is 2.91. The molecule has 0 aliphatic heterocycles. The van der Waals surface area contributed by atoms with Crippen molar-refractivity contribution in [3.63, 3.8) is 0 Å². The first-order valence-corrected chi connectivity index (χ1v) is 8.89. The lowest BCUT2D eigenvalue weighted by Crippen LogP contribution is -2.15. The summed E-state index contributed by atoms with van der Waals surface area (Å²) in [6, 6.07) is 11.0. The zero-order valence-corrected chi connectivity index (χ0v) is 16.7. The third-order valence-electron chi connectivity index (χ3n) is 3.79. The fraction of sp³-hybridized carbons (Fsp3) is 0.300. The summed E-state index contributed by atoms with van der Waals surface area (Å²) in [5.74, 6) is -1.25. The quantitative estimate of drug-likeness (QED) is 0.537. The minimum absolute atomic E-state index is 0.0472. The smallest absolute Gasteiger partial charge is 0.317 e. The normalized spacial score (nSPS) is 11.2. The molecule has 138 valence electrons. The summed E-state index contributed by atoms with van der Waals surface area (Å²) in [7, 11) is 0. The van der Waals surface area contributed by atoms with Crippen molar-refractivity contribution in [1.82, 2.24) is 0 Å². The van der Waals surface area contributed by atoms with Gasteiger partial charge in [0.15, 0.2) is 0 Å². The van der Waals surface area contributed by atoms with Crippen LogP contribution in [0.25, 0.3) is 0 Å². The molecule has 6 heteroatoms. The van der Waals surface area contributed by atoms with Gasteiger partial charge in [0.1, 0.15) is 0 Å². The van der Waals surface area contributed by atoms with Crippen LogP contribution in [0, 0.1) is 0 Å². The van der Waals surface area contributed by atoms with Crippen molar-refractivity contribution in [2.75, 3.05) is 5.32 Å². The highest BCUT2D eigenvalue weighted by Gasteiger charge is 2.18. The van der Waals surface area contributed by atoms with E-state index in [1.54, 1.807) is 18.2 Å². The van der Waals surface area contributed by atoms with Crippen molar-refractivity contribution >= 4 is 46.5 Å². The Labute approximate surface area is 163 Å². The molecule has 2 aromatic carbocycles. The molecule has 0 atom stereocenters. The van der Waals surface area contributed by atoms with E-state index in [2.05, 4.69) is 30.8 Å². The molecule has 0 saturated carbocycles. The Morgan fingerprint density at radius 2 is 1.69 bits per heavy atom. The molecule has 0 aliphatic carbocycles. The van der Waals surface area contributed by atoms with Gasteiger partial charge < -0.3 is 10.1 Å². The highest BCUT2D eigenvalue weighted by molar-refractivity contribution is 6.39. The average molecular weight is 394 g/mol. The van der Waals surface area contributed by atoms with Gasteiger partial charge in [-0.3, -0.25) is 9.59 Å². The summed E-state index contributed by atoms with van der Waals surface area (Å²) in [6.07, 6.45) is -0.0472. The second kappa shape index (κ2) is 8.11. The molecule has 4 nitrogen and oxygen atoms in total. The number of para-hydroxylation sites is 1. The molecular formula is C20H21Cl2NO3. The molecule has 0 heterocycles. The fourth-order valence-electron chi connectivity index (χ4n) is 2.42. The molecule has 0 fully saturated rings. The number of benzene rings is 2. The second-order valence-corrected chi connectivity index (χ2v) is 7.80. The van der Waals surface area contributed by atoms with Gasteiger partial charge in [0.25, 0.3) is 0 Å². The van der Waals surface area contributed by atoms with Gasteiger partial charge in [0.05, 0.1) is 22.2 Å². The highest BCUT2D eigenvalue weighted by Crippen LogP contribution is 2.35. The maximum atomic E-state index is 11.9. The third-order valence-corrected chi connectivity index (χ3v) is 4.42. The predicted octanol–water partition coefficient (Wildman–Crippen LogP) is 5.67. The lowest BCUT2D eigenvalue weighted by atomic mass is 9.86. The molecule has 0 saturated heterocycles. The molecule has 2 rings (SSSR count). The summed E-state index contributed by atoms with van der Waals surface area (Å²) in [5.41, 5.74) is 2.92. The van der Waals surface area contributed by atoms with E-state index in [-0.39, 0.29) is 11.8 Å². The number of ether oxygens (including phenoxy) is 1. The van der Waals surface area contributed by atoms with E-state index in [1.807, 2.05) is 18.2 Å². The second-order valence-electron chi connectivity index (χ2n) is 6.99. The molecule has 2 aromatic rings. The van der Waals surface area contributed by atoms with E-state index < -0.39 is 11.9 Å². The zero-order valence-electron chi connectivity index (χ0n) is 15.2. The van der Waals surface area contributed by atoms with Crippen LogP contribution < -0.4 is 5.32 Å². The van der Waals surface area contributed by atoms with Crippen molar-refractivity contribution in [2.24, 2.45) is 0 Å². The van der Waals surface area contributed by atoms with Crippen molar-refractivity contribution in [2.45, 2.75) is 39.5 Å². The van der Waals surface area contributed by atoms with Gasteiger partial charge in [-0.1, -0.05) is 62.2 Å². The van der Waals surface area contributed by atoms with Crippen LogP contribution in [0.15, 0.2) is 36.4 Å². The molecule has 0 amide bonds. The van der Waals surface area contributed by atoms with Crippen LogP contribution >= 0.6 is 23.2 Å². The lowest BCUT2D eigenvalue weighted by Gasteiger charge is -2.22. The summed E-state index contributed by atoms with van der Waals surface area (Å²) in [6.45, 7) is 7.48. The summed E-state index contributed by atoms with van der Waals surface area (Å²) < 4.78 is 4.65. The summed E-state index contributed by atoms with van der Waals surface area (Å²) in [5, 5.41) is 4.16. The number of carbonyl (C=O) groups is 2. The van der Waals surface area contributed by atoms with Crippen molar-refractivity contribution in [3.05, 3.63) is 57.6 Å². The van der Waals surface area contributed by atoms with Crippen molar-refractivity contribution in [1.29, 1.82) is 0 Å². The van der Waals surface area contributed by atoms with Gasteiger partial charge in [-0.2, -0.15) is 0 Å². The number of hydrogen-bond donors (Lipinski definition) is 1. The minimum atomic E-state index is -0.634. The molecule has 0 aromatic heterocycles. The van der Waals surface area contributed by atoms with E-state index in [9.17, 15) is 9.59 Å². The van der Waals surface area contributed by atoms with Gasteiger partial charge in [0.2, 0.25) is 0 Å². The Bertz CT molecular complexity index is 821. The Hall–Kier alpha value is -2.04. The van der Waals surface area contributed by atoms with Gasteiger partial charge in [0, 0.05) is 12.6 Å². The maximum absolute atomic E-state index is 11.9. The molecule has 0 bridgehead atoms. The molecule has 26 heavy (non-hydrogen) atoms. The number of hydrogen-bond acceptors (Lipinski definition) is 4. The first-order chi connectivity index (χ1) is 12.1. The topological polar surface area (TPSA) is 55.4 Å². The Balaban J connectivity index is 2.45. The Morgan fingerprint density at radius 1 is 1.08 bits per heavy atom. The van der Waals surface area contributed by atoms with Crippen LogP contribution in [0.5, 0.6) is 0 Å². The average Bonchev–Trinajstić information content (AvgIpc) is 2.50. The van der Waals surface area contributed by atoms with E-state index in [1.165, 1.54) is 6.92 Å². The van der Waals surface area contributed by atoms with Crippen LogP contribution in [0.2, 0.25) is 10.0 Å². The summed E-state index contributed by atoms with van der Waals surface area (Å²) >= 11 is 12.5.